The van der Waals surface area contributed by atoms with E-state index in [2.05, 4.69) is 0 Å². The van der Waals surface area contributed by atoms with Crippen LogP contribution in [0.2, 0.25) is 0 Å². The number of carbonyl (C=O) groups is 2. The van der Waals surface area contributed by atoms with Crippen LogP contribution < -0.4 is 9.64 Å². The number of rotatable bonds is 5. The summed E-state index contributed by atoms with van der Waals surface area (Å²) in [6.07, 6.45) is 5.88. The molecular weight excluding hydrogens is 433 g/mol. The van der Waals surface area contributed by atoms with Crippen molar-refractivity contribution in [3.05, 3.63) is 59.4 Å². The second-order valence-corrected chi connectivity index (χ2v) is 10.9. The first kappa shape index (κ1) is 21.6. The van der Waals surface area contributed by atoms with Crippen molar-refractivity contribution >= 4 is 17.6 Å². The van der Waals surface area contributed by atoms with Crippen LogP contribution in [0, 0.1) is 23.1 Å². The van der Waals surface area contributed by atoms with E-state index in [4.69, 9.17) is 9.47 Å². The Kier molecular flexibility index (Phi) is 4.98. The van der Waals surface area contributed by atoms with Crippen molar-refractivity contribution in [2.24, 2.45) is 17.3 Å². The molecule has 178 valence electrons. The highest BCUT2D eigenvalue weighted by atomic mass is 19.1. The molecule has 34 heavy (non-hydrogen) atoms. The number of para-hydroxylation sites is 1. The lowest BCUT2D eigenvalue weighted by atomic mass is 9.43. The van der Waals surface area contributed by atoms with Gasteiger partial charge in [-0.2, -0.15) is 0 Å². The predicted molar refractivity (Wildman–Crippen MR) is 125 cm³/mol. The lowest BCUT2D eigenvalue weighted by Gasteiger charge is -2.61. The molecule has 0 radical (unpaired) electrons. The zero-order valence-electron chi connectivity index (χ0n) is 19.5. The maximum atomic E-state index is 15.2. The summed E-state index contributed by atoms with van der Waals surface area (Å²) in [7, 11) is 1.53. The first-order chi connectivity index (χ1) is 16.4. The van der Waals surface area contributed by atoms with Crippen LogP contribution in [-0.4, -0.2) is 32.1 Å². The summed E-state index contributed by atoms with van der Waals surface area (Å²) in [6.45, 7) is 0.374. The number of hydrogen-bond donors (Lipinski definition) is 0. The van der Waals surface area contributed by atoms with E-state index < -0.39 is 5.41 Å². The van der Waals surface area contributed by atoms with Gasteiger partial charge in [0.1, 0.15) is 11.6 Å². The van der Waals surface area contributed by atoms with Gasteiger partial charge in [-0.25, -0.2) is 4.39 Å². The molecule has 5 nitrogen and oxygen atoms in total. The van der Waals surface area contributed by atoms with E-state index >= 15 is 4.39 Å². The Morgan fingerprint density at radius 3 is 2.59 bits per heavy atom. The Morgan fingerprint density at radius 1 is 1.09 bits per heavy atom. The molecular formula is C28H30FNO4. The molecule has 0 spiro atoms. The number of hydrogen-bond acceptors (Lipinski definition) is 4. The second-order valence-electron chi connectivity index (χ2n) is 10.9. The Hall–Kier alpha value is -2.89. The van der Waals surface area contributed by atoms with Gasteiger partial charge in [0.05, 0.1) is 12.5 Å². The minimum Gasteiger partial charge on any atom is -0.497 e. The Bertz CT molecular complexity index is 1150. The lowest BCUT2D eigenvalue weighted by molar-refractivity contribution is -0.175. The van der Waals surface area contributed by atoms with Crippen molar-refractivity contribution < 1.29 is 23.5 Å². The number of carbonyl (C=O) groups excluding carboxylic acids is 2. The van der Waals surface area contributed by atoms with Gasteiger partial charge in [0.25, 0.3) is 5.91 Å². The maximum absolute atomic E-state index is 15.2. The number of esters is 1. The summed E-state index contributed by atoms with van der Waals surface area (Å²) in [5, 5.41) is 0. The summed E-state index contributed by atoms with van der Waals surface area (Å²) in [5.41, 5.74) is 1.78. The van der Waals surface area contributed by atoms with Gasteiger partial charge >= 0.3 is 5.97 Å². The molecule has 4 bridgehead atoms. The fraction of sp³-hybridized carbons (Fsp3) is 0.500. The Labute approximate surface area is 199 Å². The Morgan fingerprint density at radius 2 is 1.85 bits per heavy atom. The smallest absolute Gasteiger partial charge is 0.312 e. The van der Waals surface area contributed by atoms with Gasteiger partial charge in [0.15, 0.2) is 6.61 Å². The highest BCUT2D eigenvalue weighted by Crippen LogP contribution is 2.66. The van der Waals surface area contributed by atoms with Gasteiger partial charge in [0.2, 0.25) is 0 Å². The highest BCUT2D eigenvalue weighted by molar-refractivity contribution is 5.97. The number of ether oxygens (including phenoxy) is 2. The Balaban J connectivity index is 1.21. The third-order valence-electron chi connectivity index (χ3n) is 8.76. The molecule has 0 unspecified atom stereocenters. The van der Waals surface area contributed by atoms with E-state index in [1.165, 1.54) is 13.2 Å². The van der Waals surface area contributed by atoms with E-state index in [0.29, 0.717) is 36.1 Å². The van der Waals surface area contributed by atoms with Gasteiger partial charge in [-0.3, -0.25) is 9.59 Å². The van der Waals surface area contributed by atoms with Crippen LogP contribution in [0.1, 0.15) is 49.7 Å². The molecule has 1 aliphatic heterocycles. The van der Waals surface area contributed by atoms with Crippen LogP contribution in [0.3, 0.4) is 0 Å². The number of amides is 1. The molecule has 4 fully saturated rings. The number of fused-ring (bicyclic) bond motifs is 1. The maximum Gasteiger partial charge on any atom is 0.312 e. The fourth-order valence-corrected chi connectivity index (χ4v) is 7.82. The van der Waals surface area contributed by atoms with E-state index in [1.54, 1.807) is 4.90 Å². The normalized spacial score (nSPS) is 30.8. The number of anilines is 1. The average molecular weight is 464 g/mol. The molecule has 1 amide bonds. The van der Waals surface area contributed by atoms with Crippen LogP contribution >= 0.6 is 0 Å². The molecule has 5 aliphatic rings. The average Bonchev–Trinajstić information content (AvgIpc) is 3.25. The monoisotopic (exact) mass is 463 g/mol. The molecule has 7 rings (SSSR count). The van der Waals surface area contributed by atoms with Gasteiger partial charge < -0.3 is 14.4 Å². The molecule has 2 aromatic carbocycles. The molecule has 0 N–H and O–H groups in total. The minimum absolute atomic E-state index is 0.182. The van der Waals surface area contributed by atoms with Crippen molar-refractivity contribution in [1.29, 1.82) is 0 Å². The van der Waals surface area contributed by atoms with E-state index in [-0.39, 0.29) is 29.7 Å². The minimum atomic E-state index is -0.625. The molecule has 6 heteroatoms. The SMILES string of the molecule is COc1ccc(C23C[C@H]4C[C@@H](CC(C(=O)OCC(=O)N5CCc6ccccc65)(C4)C2)C3)c(F)c1. The molecule has 2 aromatic rings. The van der Waals surface area contributed by atoms with E-state index in [9.17, 15) is 9.59 Å². The lowest BCUT2D eigenvalue weighted by Crippen LogP contribution is -2.57. The fourth-order valence-electron chi connectivity index (χ4n) is 7.82. The summed E-state index contributed by atoms with van der Waals surface area (Å²) in [5.74, 6) is 0.558. The molecule has 2 atom stereocenters. The summed E-state index contributed by atoms with van der Waals surface area (Å²) < 4.78 is 26.1. The number of halogens is 1. The van der Waals surface area contributed by atoms with Crippen LogP contribution in [-0.2, 0) is 26.2 Å². The highest BCUT2D eigenvalue weighted by Gasteiger charge is 2.62. The van der Waals surface area contributed by atoms with Crippen LogP contribution in [0.5, 0.6) is 5.75 Å². The summed E-state index contributed by atoms with van der Waals surface area (Å²) in [4.78, 5) is 28.1. The first-order valence-electron chi connectivity index (χ1n) is 12.3. The van der Waals surface area contributed by atoms with Gasteiger partial charge in [-0.05, 0) is 85.5 Å². The van der Waals surface area contributed by atoms with Gasteiger partial charge in [0, 0.05) is 18.3 Å². The van der Waals surface area contributed by atoms with Crippen molar-refractivity contribution in [2.75, 3.05) is 25.2 Å². The standard InChI is InChI=1S/C28H30FNO4/c1-33-21-6-7-22(23(29)11-21)27-12-18-10-19(13-27)15-28(14-18,17-27)26(32)34-16-25(31)30-9-8-20-4-2-3-5-24(20)30/h2-7,11,18-19H,8-10,12-17H2,1H3/t18-,19-,27?,28?/m1/s1. The molecule has 1 heterocycles. The van der Waals surface area contributed by atoms with Crippen LogP contribution in [0.4, 0.5) is 10.1 Å². The third-order valence-corrected chi connectivity index (χ3v) is 8.76. The molecule has 4 aliphatic carbocycles. The number of methoxy groups -OCH3 is 1. The first-order valence-corrected chi connectivity index (χ1v) is 12.3. The van der Waals surface area contributed by atoms with Crippen molar-refractivity contribution in [2.45, 2.75) is 50.4 Å². The summed E-state index contributed by atoms with van der Waals surface area (Å²) >= 11 is 0. The van der Waals surface area contributed by atoms with E-state index in [1.807, 2.05) is 36.4 Å². The molecule has 0 aromatic heterocycles. The van der Waals surface area contributed by atoms with Crippen molar-refractivity contribution in [3.8, 4) is 5.75 Å². The number of nitrogens with zero attached hydrogens (tertiary/aromatic N) is 1. The quantitative estimate of drug-likeness (QED) is 0.598. The van der Waals surface area contributed by atoms with Crippen molar-refractivity contribution in [1.82, 2.24) is 0 Å². The number of benzene rings is 2. The van der Waals surface area contributed by atoms with Crippen molar-refractivity contribution in [3.63, 3.8) is 0 Å². The molecule has 4 saturated carbocycles. The zero-order chi connectivity index (χ0) is 23.5. The predicted octanol–water partition coefficient (Wildman–Crippen LogP) is 4.80. The van der Waals surface area contributed by atoms with Crippen LogP contribution in [0.25, 0.3) is 0 Å². The topological polar surface area (TPSA) is 55.8 Å². The van der Waals surface area contributed by atoms with Crippen LogP contribution in [0.15, 0.2) is 42.5 Å². The molecule has 0 saturated heterocycles. The summed E-state index contributed by atoms with van der Waals surface area (Å²) in [6, 6.07) is 13.0. The van der Waals surface area contributed by atoms with Gasteiger partial charge in [-0.15, -0.1) is 0 Å². The largest absolute Gasteiger partial charge is 0.497 e. The third kappa shape index (κ3) is 3.33. The van der Waals surface area contributed by atoms with Gasteiger partial charge in [-0.1, -0.05) is 24.3 Å². The second kappa shape index (κ2) is 7.82. The van der Waals surface area contributed by atoms with E-state index in [0.717, 1.165) is 49.8 Å². The zero-order valence-corrected chi connectivity index (χ0v) is 19.5.